The van der Waals surface area contributed by atoms with Gasteiger partial charge in [-0.1, -0.05) is 13.8 Å². The minimum Gasteiger partial charge on any atom is -0.319 e. The van der Waals surface area contributed by atoms with Crippen molar-refractivity contribution in [3.05, 3.63) is 0 Å². The van der Waals surface area contributed by atoms with E-state index in [4.69, 9.17) is 0 Å². The summed E-state index contributed by atoms with van der Waals surface area (Å²) in [6.45, 7) is 4.38. The Morgan fingerprint density at radius 3 is 2.38 bits per heavy atom. The van der Waals surface area contributed by atoms with E-state index in [1.165, 1.54) is 0 Å². The van der Waals surface area contributed by atoms with E-state index >= 15 is 0 Å². The summed E-state index contributed by atoms with van der Waals surface area (Å²) in [5, 5.41) is 5.67. The molecule has 5 heteroatoms. The second kappa shape index (κ2) is 5.21. The average Bonchev–Trinajstić information content (AvgIpc) is 2.27. The molecule has 16 heavy (non-hydrogen) atoms. The van der Waals surface area contributed by atoms with Crippen molar-refractivity contribution >= 4 is 17.6 Å². The summed E-state index contributed by atoms with van der Waals surface area (Å²) in [6.07, 6.45) is 1.56. The van der Waals surface area contributed by atoms with Gasteiger partial charge >= 0.3 is 0 Å². The van der Waals surface area contributed by atoms with Crippen LogP contribution in [0.15, 0.2) is 4.99 Å². The molecule has 0 atom stereocenters. The maximum atomic E-state index is 11.9. The van der Waals surface area contributed by atoms with E-state index in [-0.39, 0.29) is 11.8 Å². The Morgan fingerprint density at radius 2 is 1.94 bits per heavy atom. The van der Waals surface area contributed by atoms with Crippen LogP contribution in [0.25, 0.3) is 0 Å². The van der Waals surface area contributed by atoms with Gasteiger partial charge in [0.2, 0.25) is 5.91 Å². The fourth-order valence-electron chi connectivity index (χ4n) is 1.84. The van der Waals surface area contributed by atoms with Crippen LogP contribution in [0.3, 0.4) is 0 Å². The quantitative estimate of drug-likeness (QED) is 0.668. The second-order valence-corrected chi connectivity index (χ2v) is 3.96. The van der Waals surface area contributed by atoms with Gasteiger partial charge in [-0.05, 0) is 19.9 Å². The van der Waals surface area contributed by atoms with E-state index < -0.39 is 5.41 Å². The largest absolute Gasteiger partial charge is 0.319 e. The molecule has 0 aromatic carbocycles. The van der Waals surface area contributed by atoms with Crippen molar-refractivity contribution in [3.8, 4) is 0 Å². The number of nitrogens with zero attached hydrogens (tertiary/aromatic N) is 1. The van der Waals surface area contributed by atoms with Crippen molar-refractivity contribution < 1.29 is 9.59 Å². The first-order valence-corrected chi connectivity index (χ1v) is 5.68. The molecule has 0 saturated carbocycles. The van der Waals surface area contributed by atoms with Crippen LogP contribution in [0.2, 0.25) is 0 Å². The Kier molecular flexibility index (Phi) is 4.18. The number of nitrogens with one attached hydrogen (secondary N) is 2. The summed E-state index contributed by atoms with van der Waals surface area (Å²) >= 11 is 0. The molecule has 0 fully saturated rings. The van der Waals surface area contributed by atoms with Crippen LogP contribution >= 0.6 is 0 Å². The number of hydrogen-bond acceptors (Lipinski definition) is 3. The molecular formula is C11H19N3O2. The summed E-state index contributed by atoms with van der Waals surface area (Å²) in [7, 11) is 1.81. The first kappa shape index (κ1) is 12.8. The summed E-state index contributed by atoms with van der Waals surface area (Å²) in [5.74, 6) is -0.0298. The summed E-state index contributed by atoms with van der Waals surface area (Å²) in [6, 6.07) is 0. The molecule has 5 nitrogen and oxygen atoms in total. The third kappa shape index (κ3) is 2.14. The molecular weight excluding hydrogens is 206 g/mol. The van der Waals surface area contributed by atoms with Crippen LogP contribution in [0.5, 0.6) is 0 Å². The number of amidine groups is 1. The predicted molar refractivity (Wildman–Crippen MR) is 62.1 cm³/mol. The lowest BCUT2D eigenvalue weighted by Gasteiger charge is -2.30. The zero-order valence-corrected chi connectivity index (χ0v) is 10.1. The van der Waals surface area contributed by atoms with Crippen LogP contribution in [0.1, 0.15) is 33.1 Å². The van der Waals surface area contributed by atoms with Crippen LogP contribution < -0.4 is 10.6 Å². The Bertz CT molecular complexity index is 319. The Balaban J connectivity index is 2.88. The van der Waals surface area contributed by atoms with Gasteiger partial charge in [-0.2, -0.15) is 4.99 Å². The maximum absolute atomic E-state index is 11.9. The van der Waals surface area contributed by atoms with E-state index in [9.17, 15) is 9.59 Å². The molecule has 0 bridgehead atoms. The lowest BCUT2D eigenvalue weighted by molar-refractivity contribution is -0.142. The van der Waals surface area contributed by atoms with Crippen molar-refractivity contribution in [1.82, 2.24) is 10.6 Å². The summed E-state index contributed by atoms with van der Waals surface area (Å²) in [4.78, 5) is 27.8. The molecule has 0 aliphatic carbocycles. The van der Waals surface area contributed by atoms with E-state index in [1.54, 1.807) is 0 Å². The van der Waals surface area contributed by atoms with Crippen molar-refractivity contribution in [1.29, 1.82) is 0 Å². The topological polar surface area (TPSA) is 70.6 Å². The molecule has 0 spiro atoms. The van der Waals surface area contributed by atoms with Crippen LogP contribution in [-0.4, -0.2) is 31.2 Å². The Labute approximate surface area is 95.7 Å². The highest BCUT2D eigenvalue weighted by atomic mass is 16.2. The van der Waals surface area contributed by atoms with Gasteiger partial charge in [0.05, 0.1) is 0 Å². The fraction of sp³-hybridized carbons (Fsp3) is 0.727. The zero-order chi connectivity index (χ0) is 12.2. The monoisotopic (exact) mass is 225 g/mol. The highest BCUT2D eigenvalue weighted by Gasteiger charge is 2.45. The maximum Gasteiger partial charge on any atom is 0.263 e. The molecule has 1 rings (SSSR count). The standard InChI is InChI=1S/C11H19N3O2/c1-4-11(5-2)9(15)13-8(6-7-12-3)14-10(11)16/h12H,4-7H2,1-3H3,(H,13,14,15,16). The van der Waals surface area contributed by atoms with Crippen molar-refractivity contribution in [2.75, 3.05) is 13.6 Å². The first-order chi connectivity index (χ1) is 7.60. The van der Waals surface area contributed by atoms with E-state index in [0.29, 0.717) is 31.6 Å². The smallest absolute Gasteiger partial charge is 0.263 e. The zero-order valence-electron chi connectivity index (χ0n) is 10.1. The second-order valence-electron chi connectivity index (χ2n) is 3.96. The lowest BCUT2D eigenvalue weighted by atomic mass is 9.79. The molecule has 1 aliphatic heterocycles. The minimum absolute atomic E-state index is 0.205. The minimum atomic E-state index is -0.941. The van der Waals surface area contributed by atoms with Gasteiger partial charge in [0.25, 0.3) is 5.91 Å². The molecule has 0 saturated heterocycles. The molecule has 2 N–H and O–H groups in total. The van der Waals surface area contributed by atoms with Gasteiger partial charge in [0.15, 0.2) is 0 Å². The van der Waals surface area contributed by atoms with Gasteiger partial charge < -0.3 is 10.6 Å². The number of rotatable bonds is 5. The van der Waals surface area contributed by atoms with Gasteiger partial charge in [-0.3, -0.25) is 9.59 Å². The van der Waals surface area contributed by atoms with E-state index in [2.05, 4.69) is 15.6 Å². The summed E-state index contributed by atoms with van der Waals surface area (Å²) in [5.41, 5.74) is -0.941. The number of hydrogen-bond donors (Lipinski definition) is 2. The van der Waals surface area contributed by atoms with Crippen molar-refractivity contribution in [2.24, 2.45) is 10.4 Å². The summed E-state index contributed by atoms with van der Waals surface area (Å²) < 4.78 is 0. The number of amides is 2. The highest BCUT2D eigenvalue weighted by molar-refractivity contribution is 6.18. The third-order valence-electron chi connectivity index (χ3n) is 3.16. The van der Waals surface area contributed by atoms with E-state index in [0.717, 1.165) is 0 Å². The van der Waals surface area contributed by atoms with Gasteiger partial charge in [0.1, 0.15) is 11.3 Å². The molecule has 1 aliphatic rings. The van der Waals surface area contributed by atoms with Crippen LogP contribution in [-0.2, 0) is 9.59 Å². The Morgan fingerprint density at radius 1 is 1.31 bits per heavy atom. The highest BCUT2D eigenvalue weighted by Crippen LogP contribution is 2.30. The van der Waals surface area contributed by atoms with Crippen molar-refractivity contribution in [3.63, 3.8) is 0 Å². The molecule has 0 aromatic heterocycles. The lowest BCUT2D eigenvalue weighted by Crippen LogP contribution is -2.52. The Hall–Kier alpha value is -1.23. The molecule has 0 aromatic rings. The van der Waals surface area contributed by atoms with Gasteiger partial charge in [-0.15, -0.1) is 0 Å². The van der Waals surface area contributed by atoms with Crippen LogP contribution in [0, 0.1) is 5.41 Å². The molecule has 1 heterocycles. The fourth-order valence-corrected chi connectivity index (χ4v) is 1.84. The third-order valence-corrected chi connectivity index (χ3v) is 3.16. The molecule has 2 amide bonds. The van der Waals surface area contributed by atoms with Gasteiger partial charge in [-0.25, -0.2) is 0 Å². The number of aliphatic imine (C=N–C) groups is 1. The number of carbonyl (C=O) groups is 2. The van der Waals surface area contributed by atoms with Crippen molar-refractivity contribution in [2.45, 2.75) is 33.1 Å². The number of carbonyl (C=O) groups excluding carboxylic acids is 2. The molecule has 90 valence electrons. The average molecular weight is 225 g/mol. The predicted octanol–water partition coefficient (Wildman–Crippen LogP) is 0.457. The van der Waals surface area contributed by atoms with Gasteiger partial charge in [0, 0.05) is 13.0 Å². The SMILES string of the molecule is CCC1(CC)C(=O)N=C(CCNC)NC1=O. The first-order valence-electron chi connectivity index (χ1n) is 5.68. The van der Waals surface area contributed by atoms with E-state index in [1.807, 2.05) is 20.9 Å². The molecule has 0 radical (unpaired) electrons. The normalized spacial score (nSPS) is 19.3. The molecule has 0 unspecified atom stereocenters. The van der Waals surface area contributed by atoms with Crippen LogP contribution in [0.4, 0.5) is 0 Å².